The summed E-state index contributed by atoms with van der Waals surface area (Å²) in [6.45, 7) is 0.434. The summed E-state index contributed by atoms with van der Waals surface area (Å²) in [6.07, 6.45) is -0.436. The number of carbonyl (C=O) groups excluding carboxylic acids is 3. The quantitative estimate of drug-likeness (QED) is 0.212. The summed E-state index contributed by atoms with van der Waals surface area (Å²) in [5, 5.41) is 16.7. The Balaban J connectivity index is 1.90. The minimum Gasteiger partial charge on any atom is -0.480 e. The number of benzene rings is 1. The van der Waals surface area contributed by atoms with Crippen LogP contribution in [0.25, 0.3) is 0 Å². The van der Waals surface area contributed by atoms with Crippen LogP contribution in [-0.4, -0.2) is 66.7 Å². The van der Waals surface area contributed by atoms with Crippen LogP contribution in [0.4, 0.5) is 0 Å². The average molecular weight is 420 g/mol. The molecular weight excluding hydrogens is 392 g/mol. The van der Waals surface area contributed by atoms with E-state index in [1.807, 2.05) is 30.3 Å². The molecule has 0 bridgehead atoms. The summed E-state index contributed by atoms with van der Waals surface area (Å²) in [5.41, 5.74) is 6.25. The Hall–Kier alpha value is -2.98. The Kier molecular flexibility index (Phi) is 8.75. The third kappa shape index (κ3) is 6.82. The summed E-state index contributed by atoms with van der Waals surface area (Å²) in [5.74, 6) is -2.81. The number of carbonyl (C=O) groups is 4. The van der Waals surface area contributed by atoms with Gasteiger partial charge in [-0.2, -0.15) is 0 Å². The highest BCUT2D eigenvalue weighted by Gasteiger charge is 2.51. The van der Waals surface area contributed by atoms with Crippen LogP contribution < -0.4 is 21.7 Å². The number of carboxylic acids is 1. The lowest BCUT2D eigenvalue weighted by atomic mass is 10.0. The number of rotatable bonds is 12. The molecule has 30 heavy (non-hydrogen) atoms. The fourth-order valence-electron chi connectivity index (χ4n) is 3.00. The van der Waals surface area contributed by atoms with Gasteiger partial charge in [-0.05, 0) is 31.4 Å². The number of nitrogens with one attached hydrogen (secondary N) is 3. The number of carboxylic acid groups (broad SMARTS) is 1. The van der Waals surface area contributed by atoms with Crippen molar-refractivity contribution in [2.75, 3.05) is 13.6 Å². The highest BCUT2D eigenvalue weighted by molar-refractivity contribution is 5.98. The minimum atomic E-state index is -1.16. The van der Waals surface area contributed by atoms with Crippen molar-refractivity contribution in [2.45, 2.75) is 50.0 Å². The largest absolute Gasteiger partial charge is 0.480 e. The Morgan fingerprint density at radius 1 is 1.03 bits per heavy atom. The zero-order chi connectivity index (χ0) is 22.1. The van der Waals surface area contributed by atoms with E-state index in [-0.39, 0.29) is 18.7 Å². The normalized spacial score (nSPS) is 19.3. The number of ether oxygens (including phenoxy) is 1. The fourth-order valence-corrected chi connectivity index (χ4v) is 3.00. The van der Waals surface area contributed by atoms with E-state index in [9.17, 15) is 24.3 Å². The van der Waals surface area contributed by atoms with E-state index in [2.05, 4.69) is 16.0 Å². The molecule has 2 rings (SSSR count). The van der Waals surface area contributed by atoms with Gasteiger partial charge in [0.05, 0.1) is 0 Å². The van der Waals surface area contributed by atoms with Crippen LogP contribution in [0.2, 0.25) is 0 Å². The summed E-state index contributed by atoms with van der Waals surface area (Å²) in [7, 11) is 1.47. The molecule has 0 radical (unpaired) electrons. The predicted molar refractivity (Wildman–Crippen MR) is 107 cm³/mol. The zero-order valence-corrected chi connectivity index (χ0v) is 16.8. The van der Waals surface area contributed by atoms with Crippen LogP contribution in [0, 0.1) is 0 Å². The first-order chi connectivity index (χ1) is 14.4. The number of hydrogen-bond acceptors (Lipinski definition) is 6. The number of epoxide rings is 1. The van der Waals surface area contributed by atoms with Crippen LogP contribution in [0.1, 0.15) is 24.8 Å². The van der Waals surface area contributed by atoms with Crippen LogP contribution >= 0.6 is 0 Å². The van der Waals surface area contributed by atoms with E-state index in [0.29, 0.717) is 19.4 Å². The number of amides is 3. The molecule has 1 aliphatic rings. The lowest BCUT2D eigenvalue weighted by Gasteiger charge is -2.17. The molecule has 4 atom stereocenters. The molecule has 164 valence electrons. The van der Waals surface area contributed by atoms with Crippen LogP contribution in [-0.2, 0) is 30.3 Å². The molecular formula is C20H28N4O6. The lowest BCUT2D eigenvalue weighted by Crippen LogP contribution is -2.49. The van der Waals surface area contributed by atoms with Crippen LogP contribution in [0.3, 0.4) is 0 Å². The second-order valence-corrected chi connectivity index (χ2v) is 7.03. The van der Waals surface area contributed by atoms with Crippen LogP contribution in [0.5, 0.6) is 0 Å². The van der Waals surface area contributed by atoms with Gasteiger partial charge in [-0.25, -0.2) is 4.79 Å². The van der Waals surface area contributed by atoms with E-state index in [4.69, 9.17) is 10.5 Å². The van der Waals surface area contributed by atoms with Crippen molar-refractivity contribution in [1.82, 2.24) is 16.0 Å². The molecule has 10 nitrogen and oxygen atoms in total. The van der Waals surface area contributed by atoms with Gasteiger partial charge in [0.2, 0.25) is 5.91 Å². The molecule has 0 aromatic heterocycles. The van der Waals surface area contributed by atoms with Crippen molar-refractivity contribution in [3.63, 3.8) is 0 Å². The van der Waals surface area contributed by atoms with Gasteiger partial charge in [-0.1, -0.05) is 30.3 Å². The fraction of sp³-hybridized carbons (Fsp3) is 0.500. The maximum absolute atomic E-state index is 12.4. The monoisotopic (exact) mass is 420 g/mol. The van der Waals surface area contributed by atoms with Crippen molar-refractivity contribution >= 4 is 23.7 Å². The molecule has 1 aromatic carbocycles. The SMILES string of the molecule is CNC(=O)[C@H](Cc1ccccc1)NC(=O)C1OC1C(=O)N[C@@H](CCCCN)C(=O)O. The molecule has 2 unspecified atom stereocenters. The number of unbranched alkanes of at least 4 members (excludes halogenated alkanes) is 1. The second-order valence-electron chi connectivity index (χ2n) is 7.03. The van der Waals surface area contributed by atoms with E-state index < -0.39 is 42.1 Å². The molecule has 10 heteroatoms. The molecule has 6 N–H and O–H groups in total. The Morgan fingerprint density at radius 2 is 1.63 bits per heavy atom. The zero-order valence-electron chi connectivity index (χ0n) is 16.8. The van der Waals surface area contributed by atoms with Gasteiger partial charge in [0.15, 0.2) is 12.2 Å². The van der Waals surface area contributed by atoms with E-state index >= 15 is 0 Å². The van der Waals surface area contributed by atoms with Gasteiger partial charge < -0.3 is 31.5 Å². The first kappa shape index (κ1) is 23.3. The van der Waals surface area contributed by atoms with Crippen molar-refractivity contribution < 1.29 is 29.0 Å². The second kappa shape index (κ2) is 11.3. The van der Waals surface area contributed by atoms with E-state index in [0.717, 1.165) is 5.56 Å². The first-order valence-electron chi connectivity index (χ1n) is 9.82. The Bertz CT molecular complexity index is 757. The molecule has 3 amide bonds. The van der Waals surface area contributed by atoms with Gasteiger partial charge in [0.25, 0.3) is 11.8 Å². The highest BCUT2D eigenvalue weighted by Crippen LogP contribution is 2.23. The number of likely N-dealkylation sites (N-methyl/N-ethyl adjacent to an activating group) is 1. The van der Waals surface area contributed by atoms with Gasteiger partial charge in [-0.3, -0.25) is 14.4 Å². The third-order valence-corrected chi connectivity index (χ3v) is 4.73. The molecule has 0 saturated carbocycles. The number of hydrogen-bond donors (Lipinski definition) is 5. The Morgan fingerprint density at radius 3 is 2.17 bits per heavy atom. The van der Waals surface area contributed by atoms with E-state index in [1.54, 1.807) is 0 Å². The first-order valence-corrected chi connectivity index (χ1v) is 9.82. The highest BCUT2D eigenvalue weighted by atomic mass is 16.6. The number of aliphatic carboxylic acids is 1. The molecule has 1 aliphatic heterocycles. The van der Waals surface area contributed by atoms with Gasteiger partial charge in [-0.15, -0.1) is 0 Å². The van der Waals surface area contributed by atoms with Gasteiger partial charge >= 0.3 is 5.97 Å². The maximum atomic E-state index is 12.4. The predicted octanol–water partition coefficient (Wildman–Crippen LogP) is -1.07. The van der Waals surface area contributed by atoms with Crippen molar-refractivity contribution in [1.29, 1.82) is 0 Å². The lowest BCUT2D eigenvalue weighted by molar-refractivity contribution is -0.142. The Labute approximate surface area is 174 Å². The minimum absolute atomic E-state index is 0.234. The summed E-state index contributed by atoms with van der Waals surface area (Å²) < 4.78 is 5.14. The molecule has 1 aromatic rings. The van der Waals surface area contributed by atoms with Gasteiger partial charge in [0, 0.05) is 13.5 Å². The molecule has 0 aliphatic carbocycles. The summed E-state index contributed by atoms with van der Waals surface area (Å²) >= 11 is 0. The van der Waals surface area contributed by atoms with Gasteiger partial charge in [0.1, 0.15) is 12.1 Å². The standard InChI is InChI=1S/C20H28N4O6/c1-22-17(25)14(11-12-7-3-2-4-8-12)24-19(27)16-15(30-16)18(26)23-13(20(28)29)9-5-6-10-21/h2-4,7-8,13-16H,5-6,9-11,21H2,1H3,(H,22,25)(H,23,26)(H,24,27)(H,28,29)/t13-,14-,15?,16?/m0/s1. The van der Waals surface area contributed by atoms with Crippen LogP contribution in [0.15, 0.2) is 30.3 Å². The molecule has 0 spiro atoms. The average Bonchev–Trinajstić information content (AvgIpc) is 3.54. The third-order valence-electron chi connectivity index (χ3n) is 4.73. The van der Waals surface area contributed by atoms with Crippen molar-refractivity contribution in [3.05, 3.63) is 35.9 Å². The smallest absolute Gasteiger partial charge is 0.326 e. The van der Waals surface area contributed by atoms with Crippen molar-refractivity contribution in [2.24, 2.45) is 5.73 Å². The molecule has 1 heterocycles. The summed E-state index contributed by atoms with van der Waals surface area (Å²) in [6, 6.07) is 7.27. The molecule has 1 fully saturated rings. The maximum Gasteiger partial charge on any atom is 0.326 e. The topological polar surface area (TPSA) is 163 Å². The van der Waals surface area contributed by atoms with Crippen molar-refractivity contribution in [3.8, 4) is 0 Å². The van der Waals surface area contributed by atoms with E-state index in [1.165, 1.54) is 7.05 Å². The summed E-state index contributed by atoms with van der Waals surface area (Å²) in [4.78, 5) is 48.1. The number of nitrogens with two attached hydrogens (primary N) is 1. The molecule has 1 saturated heterocycles.